The van der Waals surface area contributed by atoms with Crippen molar-refractivity contribution in [3.8, 4) is 0 Å². The van der Waals surface area contributed by atoms with Gasteiger partial charge >= 0.3 is 5.97 Å². The Morgan fingerprint density at radius 2 is 1.82 bits per heavy atom. The van der Waals surface area contributed by atoms with Crippen LogP contribution in [0.1, 0.15) is 36.2 Å². The van der Waals surface area contributed by atoms with E-state index in [0.717, 1.165) is 5.56 Å². The molecule has 6 heteroatoms. The van der Waals surface area contributed by atoms with Crippen LogP contribution in [0.4, 0.5) is 0 Å². The molecule has 1 aromatic rings. The average Bonchev–Trinajstić information content (AvgIpc) is 2.44. The maximum Gasteiger partial charge on any atom is 0.326 e. The Bertz CT molecular complexity index is 555. The van der Waals surface area contributed by atoms with E-state index in [4.69, 9.17) is 5.11 Å². The SMILES string of the molecule is Cc1ccccc1C(=O)NCC(=O)N[C@H](CC(C)C)C(=O)O. The molecule has 0 aliphatic carbocycles. The van der Waals surface area contributed by atoms with Gasteiger partial charge in [0.25, 0.3) is 5.91 Å². The predicted octanol–water partition coefficient (Wildman–Crippen LogP) is 1.34. The van der Waals surface area contributed by atoms with Crippen molar-refractivity contribution >= 4 is 17.8 Å². The van der Waals surface area contributed by atoms with E-state index in [9.17, 15) is 14.4 Å². The number of aliphatic carboxylic acids is 1. The van der Waals surface area contributed by atoms with Crippen LogP contribution in [0.15, 0.2) is 24.3 Å². The van der Waals surface area contributed by atoms with Gasteiger partial charge in [-0.15, -0.1) is 0 Å². The molecule has 0 aliphatic heterocycles. The number of amides is 2. The molecule has 0 heterocycles. The van der Waals surface area contributed by atoms with Crippen LogP contribution in [-0.4, -0.2) is 35.5 Å². The van der Waals surface area contributed by atoms with E-state index in [1.54, 1.807) is 25.1 Å². The summed E-state index contributed by atoms with van der Waals surface area (Å²) in [6.45, 7) is 5.30. The van der Waals surface area contributed by atoms with Crippen LogP contribution in [0.25, 0.3) is 0 Å². The number of nitrogens with one attached hydrogen (secondary N) is 2. The Hall–Kier alpha value is -2.37. The highest BCUT2D eigenvalue weighted by Crippen LogP contribution is 2.06. The van der Waals surface area contributed by atoms with Gasteiger partial charge in [0.2, 0.25) is 5.91 Å². The second-order valence-corrected chi connectivity index (χ2v) is 5.59. The zero-order valence-electron chi connectivity index (χ0n) is 13.1. The standard InChI is InChI=1S/C16H22N2O4/c1-10(2)8-13(16(21)22)18-14(19)9-17-15(20)12-7-5-4-6-11(12)3/h4-7,10,13H,8-9H2,1-3H3,(H,17,20)(H,18,19)(H,21,22)/t13-/m1/s1. The van der Waals surface area contributed by atoms with Crippen molar-refractivity contribution < 1.29 is 19.5 Å². The molecule has 22 heavy (non-hydrogen) atoms. The molecule has 0 aromatic heterocycles. The molecule has 6 nitrogen and oxygen atoms in total. The quantitative estimate of drug-likeness (QED) is 0.708. The van der Waals surface area contributed by atoms with Crippen LogP contribution in [0, 0.1) is 12.8 Å². The van der Waals surface area contributed by atoms with Gasteiger partial charge in [-0.25, -0.2) is 4.79 Å². The topological polar surface area (TPSA) is 95.5 Å². The van der Waals surface area contributed by atoms with Gasteiger partial charge in [0.05, 0.1) is 6.54 Å². The molecule has 0 saturated heterocycles. The molecule has 1 aromatic carbocycles. The molecule has 0 fully saturated rings. The van der Waals surface area contributed by atoms with Crippen molar-refractivity contribution in [3.05, 3.63) is 35.4 Å². The Morgan fingerprint density at radius 1 is 1.18 bits per heavy atom. The molecule has 0 aliphatic rings. The van der Waals surface area contributed by atoms with Crippen molar-refractivity contribution in [1.29, 1.82) is 0 Å². The zero-order valence-corrected chi connectivity index (χ0v) is 13.1. The van der Waals surface area contributed by atoms with Crippen molar-refractivity contribution in [3.63, 3.8) is 0 Å². The first-order chi connectivity index (χ1) is 10.3. The smallest absolute Gasteiger partial charge is 0.326 e. The highest BCUT2D eigenvalue weighted by molar-refractivity contribution is 5.97. The van der Waals surface area contributed by atoms with E-state index in [0.29, 0.717) is 12.0 Å². The number of benzene rings is 1. The molecule has 0 unspecified atom stereocenters. The first kappa shape index (κ1) is 17.7. The van der Waals surface area contributed by atoms with Crippen molar-refractivity contribution in [1.82, 2.24) is 10.6 Å². The molecular weight excluding hydrogens is 284 g/mol. The molecule has 0 saturated carbocycles. The number of aryl methyl sites for hydroxylation is 1. The fourth-order valence-corrected chi connectivity index (χ4v) is 2.02. The molecule has 2 amide bonds. The highest BCUT2D eigenvalue weighted by atomic mass is 16.4. The number of rotatable bonds is 7. The Labute approximate surface area is 129 Å². The van der Waals surface area contributed by atoms with Gasteiger partial charge in [-0.05, 0) is 30.9 Å². The summed E-state index contributed by atoms with van der Waals surface area (Å²) in [5.74, 6) is -1.81. The minimum atomic E-state index is -1.08. The van der Waals surface area contributed by atoms with Crippen molar-refractivity contribution in [2.24, 2.45) is 5.92 Å². The average molecular weight is 306 g/mol. The lowest BCUT2D eigenvalue weighted by atomic mass is 10.0. The van der Waals surface area contributed by atoms with Crippen LogP contribution >= 0.6 is 0 Å². The van der Waals surface area contributed by atoms with Gasteiger partial charge in [0, 0.05) is 5.56 Å². The van der Waals surface area contributed by atoms with E-state index in [-0.39, 0.29) is 18.4 Å². The lowest BCUT2D eigenvalue weighted by Crippen LogP contribution is -2.46. The minimum Gasteiger partial charge on any atom is -0.480 e. The predicted molar refractivity (Wildman–Crippen MR) is 82.5 cm³/mol. The molecule has 0 bridgehead atoms. The number of hydrogen-bond acceptors (Lipinski definition) is 3. The summed E-state index contributed by atoms with van der Waals surface area (Å²) in [5.41, 5.74) is 1.30. The van der Waals surface area contributed by atoms with E-state index in [2.05, 4.69) is 10.6 Å². The van der Waals surface area contributed by atoms with Gasteiger partial charge in [-0.2, -0.15) is 0 Å². The number of hydrogen-bond donors (Lipinski definition) is 3. The lowest BCUT2D eigenvalue weighted by Gasteiger charge is -2.16. The van der Waals surface area contributed by atoms with Gasteiger partial charge in [-0.3, -0.25) is 9.59 Å². The lowest BCUT2D eigenvalue weighted by molar-refractivity contribution is -0.142. The first-order valence-electron chi connectivity index (χ1n) is 7.17. The Morgan fingerprint density at radius 3 is 2.36 bits per heavy atom. The summed E-state index contributed by atoms with van der Waals surface area (Å²) < 4.78 is 0. The van der Waals surface area contributed by atoms with Crippen molar-refractivity contribution in [2.75, 3.05) is 6.54 Å². The zero-order chi connectivity index (χ0) is 16.7. The van der Waals surface area contributed by atoms with E-state index in [1.165, 1.54) is 0 Å². The largest absolute Gasteiger partial charge is 0.480 e. The monoisotopic (exact) mass is 306 g/mol. The summed E-state index contributed by atoms with van der Waals surface area (Å²) in [7, 11) is 0. The second-order valence-electron chi connectivity index (χ2n) is 5.59. The molecule has 0 radical (unpaired) electrons. The van der Waals surface area contributed by atoms with Crippen LogP contribution in [0.5, 0.6) is 0 Å². The molecular formula is C16H22N2O4. The van der Waals surface area contributed by atoms with Crippen molar-refractivity contribution in [2.45, 2.75) is 33.2 Å². The molecule has 1 rings (SSSR count). The molecule has 120 valence electrons. The second kappa shape index (κ2) is 8.17. The van der Waals surface area contributed by atoms with Gasteiger partial charge in [0.1, 0.15) is 6.04 Å². The Balaban J connectivity index is 2.53. The number of carboxylic acids is 1. The molecule has 0 spiro atoms. The summed E-state index contributed by atoms with van der Waals surface area (Å²) in [6.07, 6.45) is 0.340. The summed E-state index contributed by atoms with van der Waals surface area (Å²) in [5, 5.41) is 14.0. The number of carbonyl (C=O) groups is 3. The normalized spacial score (nSPS) is 11.8. The van der Waals surface area contributed by atoms with Gasteiger partial charge in [0.15, 0.2) is 0 Å². The summed E-state index contributed by atoms with van der Waals surface area (Å²) in [4.78, 5) is 34.8. The van der Waals surface area contributed by atoms with Crippen LogP contribution in [0.3, 0.4) is 0 Å². The van der Waals surface area contributed by atoms with Crippen LogP contribution < -0.4 is 10.6 Å². The van der Waals surface area contributed by atoms with E-state index < -0.39 is 17.9 Å². The fraction of sp³-hybridized carbons (Fsp3) is 0.438. The van der Waals surface area contributed by atoms with Crippen LogP contribution in [0.2, 0.25) is 0 Å². The van der Waals surface area contributed by atoms with E-state index >= 15 is 0 Å². The highest BCUT2D eigenvalue weighted by Gasteiger charge is 2.21. The third kappa shape index (κ3) is 5.55. The number of carbonyl (C=O) groups excluding carboxylic acids is 2. The third-order valence-corrected chi connectivity index (χ3v) is 3.14. The number of carboxylic acid groups (broad SMARTS) is 1. The minimum absolute atomic E-state index is 0.142. The first-order valence-corrected chi connectivity index (χ1v) is 7.17. The maximum atomic E-state index is 12.0. The van der Waals surface area contributed by atoms with Gasteiger partial charge < -0.3 is 15.7 Å². The summed E-state index contributed by atoms with van der Waals surface area (Å²) in [6, 6.07) is 6.09. The maximum absolute atomic E-state index is 12.0. The Kier molecular flexibility index (Phi) is 6.56. The van der Waals surface area contributed by atoms with Crippen LogP contribution in [-0.2, 0) is 9.59 Å². The summed E-state index contributed by atoms with van der Waals surface area (Å²) >= 11 is 0. The fourth-order valence-electron chi connectivity index (χ4n) is 2.02. The third-order valence-electron chi connectivity index (χ3n) is 3.14. The van der Waals surface area contributed by atoms with E-state index in [1.807, 2.05) is 19.9 Å². The molecule has 3 N–H and O–H groups in total. The molecule has 1 atom stereocenters. The van der Waals surface area contributed by atoms with Gasteiger partial charge in [-0.1, -0.05) is 32.0 Å².